The molecule has 1 aromatic rings. The van der Waals surface area contributed by atoms with Crippen molar-refractivity contribution in [3.63, 3.8) is 0 Å². The summed E-state index contributed by atoms with van der Waals surface area (Å²) in [6, 6.07) is 7.49. The highest BCUT2D eigenvalue weighted by molar-refractivity contribution is 6.08. The number of fused-ring (bicyclic) bond motifs is 1. The molecule has 15 heavy (non-hydrogen) atoms. The van der Waals surface area contributed by atoms with E-state index in [0.717, 1.165) is 16.8 Å². The van der Waals surface area contributed by atoms with Crippen molar-refractivity contribution in [3.8, 4) is 12.3 Å². The van der Waals surface area contributed by atoms with Gasteiger partial charge < -0.3 is 4.90 Å². The lowest BCUT2D eigenvalue weighted by Gasteiger charge is -2.15. The highest BCUT2D eigenvalue weighted by atomic mass is 16.2. The van der Waals surface area contributed by atoms with Crippen LogP contribution in [0.25, 0.3) is 5.70 Å². The summed E-state index contributed by atoms with van der Waals surface area (Å²) < 4.78 is 0. The minimum Gasteiger partial charge on any atom is -0.307 e. The smallest absolute Gasteiger partial charge is 0.258 e. The van der Waals surface area contributed by atoms with Gasteiger partial charge in [-0.2, -0.15) is 0 Å². The fourth-order valence-electron chi connectivity index (χ4n) is 1.75. The minimum absolute atomic E-state index is 0.00542. The molecule has 0 N–H and O–H groups in total. The van der Waals surface area contributed by atoms with Crippen LogP contribution in [0.5, 0.6) is 0 Å². The first-order chi connectivity index (χ1) is 7.25. The second kappa shape index (κ2) is 3.62. The molecule has 74 valence electrons. The van der Waals surface area contributed by atoms with Gasteiger partial charge in [-0.3, -0.25) is 4.79 Å². The zero-order valence-corrected chi connectivity index (χ0v) is 8.36. The Bertz CT molecular complexity index is 433. The zero-order valence-electron chi connectivity index (χ0n) is 8.36. The van der Waals surface area contributed by atoms with E-state index in [2.05, 4.69) is 12.5 Å². The Labute approximate surface area is 89.2 Å². The second-order valence-corrected chi connectivity index (χ2v) is 3.40. The standard InChI is InChI=1S/C13H11NO/c1-3-4-9-14-10(2)11-7-5-6-8-12(11)13(14)15/h1,5-8H,2,4,9H2. The average molecular weight is 197 g/mol. The van der Waals surface area contributed by atoms with E-state index in [1.54, 1.807) is 4.90 Å². The summed E-state index contributed by atoms with van der Waals surface area (Å²) in [6.45, 7) is 4.46. The molecule has 0 atom stereocenters. The predicted molar refractivity (Wildman–Crippen MR) is 60.0 cm³/mol. The second-order valence-electron chi connectivity index (χ2n) is 3.40. The van der Waals surface area contributed by atoms with Crippen molar-refractivity contribution in [2.45, 2.75) is 6.42 Å². The van der Waals surface area contributed by atoms with Gasteiger partial charge in [0, 0.05) is 29.8 Å². The van der Waals surface area contributed by atoms with Gasteiger partial charge in [-0.25, -0.2) is 0 Å². The van der Waals surface area contributed by atoms with Crippen LogP contribution >= 0.6 is 0 Å². The number of hydrogen-bond acceptors (Lipinski definition) is 1. The molecule has 0 saturated heterocycles. The molecule has 2 rings (SSSR count). The van der Waals surface area contributed by atoms with Crippen LogP contribution in [0.4, 0.5) is 0 Å². The van der Waals surface area contributed by atoms with E-state index in [0.29, 0.717) is 13.0 Å². The third kappa shape index (κ3) is 1.42. The van der Waals surface area contributed by atoms with E-state index in [-0.39, 0.29) is 5.91 Å². The van der Waals surface area contributed by atoms with Gasteiger partial charge >= 0.3 is 0 Å². The maximum Gasteiger partial charge on any atom is 0.258 e. The van der Waals surface area contributed by atoms with Crippen LogP contribution in [-0.4, -0.2) is 17.4 Å². The van der Waals surface area contributed by atoms with Crippen LogP contribution in [0, 0.1) is 12.3 Å². The van der Waals surface area contributed by atoms with E-state index < -0.39 is 0 Å². The summed E-state index contributed by atoms with van der Waals surface area (Å²) in [6.07, 6.45) is 5.74. The van der Waals surface area contributed by atoms with E-state index in [4.69, 9.17) is 6.42 Å². The molecule has 0 bridgehead atoms. The lowest BCUT2D eigenvalue weighted by molar-refractivity contribution is 0.0853. The van der Waals surface area contributed by atoms with E-state index in [1.165, 1.54) is 0 Å². The Morgan fingerprint density at radius 1 is 1.33 bits per heavy atom. The fourth-order valence-corrected chi connectivity index (χ4v) is 1.75. The number of benzene rings is 1. The third-order valence-electron chi connectivity index (χ3n) is 2.52. The molecule has 0 unspecified atom stereocenters. The molecule has 0 aromatic heterocycles. The third-order valence-corrected chi connectivity index (χ3v) is 2.52. The lowest BCUT2D eigenvalue weighted by atomic mass is 10.1. The summed E-state index contributed by atoms with van der Waals surface area (Å²) >= 11 is 0. The van der Waals surface area contributed by atoms with Gasteiger partial charge in [0.1, 0.15) is 0 Å². The SMILES string of the molecule is C#CCCN1C(=C)c2ccccc2C1=O. The monoisotopic (exact) mass is 197 g/mol. The number of nitrogens with zero attached hydrogens (tertiary/aromatic N) is 1. The van der Waals surface area contributed by atoms with Gasteiger partial charge in [-0.15, -0.1) is 12.3 Å². The summed E-state index contributed by atoms with van der Waals surface area (Å²) in [5.41, 5.74) is 2.39. The van der Waals surface area contributed by atoms with Crippen LogP contribution in [0.15, 0.2) is 30.8 Å². The molecule has 0 spiro atoms. The molecule has 0 fully saturated rings. The van der Waals surface area contributed by atoms with Crippen LogP contribution in [0.2, 0.25) is 0 Å². The molecule has 1 aromatic carbocycles. The first-order valence-electron chi connectivity index (χ1n) is 4.79. The van der Waals surface area contributed by atoms with Gasteiger partial charge in [-0.05, 0) is 6.07 Å². The van der Waals surface area contributed by atoms with Crippen LogP contribution < -0.4 is 0 Å². The van der Waals surface area contributed by atoms with Crippen molar-refractivity contribution in [3.05, 3.63) is 42.0 Å². The Hall–Kier alpha value is -2.01. The Morgan fingerprint density at radius 2 is 2.00 bits per heavy atom. The maximum atomic E-state index is 11.9. The highest BCUT2D eigenvalue weighted by Gasteiger charge is 2.29. The number of carbonyl (C=O) groups excluding carboxylic acids is 1. The fraction of sp³-hybridized carbons (Fsp3) is 0.154. The predicted octanol–water partition coefficient (Wildman–Crippen LogP) is 2.14. The Balaban J connectivity index is 2.34. The number of terminal acetylenes is 1. The lowest BCUT2D eigenvalue weighted by Crippen LogP contribution is -2.23. The molecule has 0 aliphatic carbocycles. The van der Waals surface area contributed by atoms with Crippen molar-refractivity contribution in [1.82, 2.24) is 4.90 Å². The molecule has 1 aliphatic rings. The molecule has 1 heterocycles. The molecule has 1 amide bonds. The van der Waals surface area contributed by atoms with Crippen molar-refractivity contribution in [2.75, 3.05) is 6.54 Å². The van der Waals surface area contributed by atoms with Crippen LogP contribution in [0.1, 0.15) is 22.3 Å². The van der Waals surface area contributed by atoms with Crippen LogP contribution in [-0.2, 0) is 0 Å². The van der Waals surface area contributed by atoms with Crippen molar-refractivity contribution < 1.29 is 4.79 Å². The maximum absolute atomic E-state index is 11.9. The largest absolute Gasteiger partial charge is 0.307 e. The Kier molecular flexibility index (Phi) is 2.31. The molecule has 0 radical (unpaired) electrons. The zero-order chi connectivity index (χ0) is 10.8. The molecule has 2 nitrogen and oxygen atoms in total. The van der Waals surface area contributed by atoms with Crippen LogP contribution in [0.3, 0.4) is 0 Å². The van der Waals surface area contributed by atoms with E-state index in [1.807, 2.05) is 24.3 Å². The first-order valence-corrected chi connectivity index (χ1v) is 4.79. The van der Waals surface area contributed by atoms with Gasteiger partial charge in [0.25, 0.3) is 5.91 Å². The van der Waals surface area contributed by atoms with Gasteiger partial charge in [0.15, 0.2) is 0 Å². The molecule has 2 heteroatoms. The first kappa shape index (κ1) is 9.54. The topological polar surface area (TPSA) is 20.3 Å². The molecule has 0 saturated carbocycles. The number of rotatable bonds is 2. The van der Waals surface area contributed by atoms with Gasteiger partial charge in [0.05, 0.1) is 0 Å². The average Bonchev–Trinajstić information content (AvgIpc) is 2.51. The minimum atomic E-state index is 0.00542. The summed E-state index contributed by atoms with van der Waals surface area (Å²) in [5, 5.41) is 0. The number of amides is 1. The summed E-state index contributed by atoms with van der Waals surface area (Å²) in [4.78, 5) is 13.6. The molecular formula is C13H11NO. The number of hydrogen-bond donors (Lipinski definition) is 0. The van der Waals surface area contributed by atoms with Crippen molar-refractivity contribution in [2.24, 2.45) is 0 Å². The van der Waals surface area contributed by atoms with Crippen molar-refractivity contribution in [1.29, 1.82) is 0 Å². The summed E-state index contributed by atoms with van der Waals surface area (Å²) in [7, 11) is 0. The van der Waals surface area contributed by atoms with Gasteiger partial charge in [-0.1, -0.05) is 24.8 Å². The number of carbonyl (C=O) groups is 1. The molecule has 1 aliphatic heterocycles. The Morgan fingerprint density at radius 3 is 2.60 bits per heavy atom. The van der Waals surface area contributed by atoms with E-state index in [9.17, 15) is 4.79 Å². The summed E-state index contributed by atoms with van der Waals surface area (Å²) in [5.74, 6) is 2.53. The normalized spacial score (nSPS) is 13.9. The van der Waals surface area contributed by atoms with E-state index >= 15 is 0 Å². The molecular weight excluding hydrogens is 186 g/mol. The van der Waals surface area contributed by atoms with Gasteiger partial charge in [0.2, 0.25) is 0 Å². The van der Waals surface area contributed by atoms with Crippen molar-refractivity contribution >= 4 is 11.6 Å². The highest BCUT2D eigenvalue weighted by Crippen LogP contribution is 2.30. The quantitative estimate of drug-likeness (QED) is 0.665.